The highest BCUT2D eigenvalue weighted by Crippen LogP contribution is 2.33. The summed E-state index contributed by atoms with van der Waals surface area (Å²) in [6.07, 6.45) is 6.68. The number of nitrogens with one attached hydrogen (secondary N) is 1. The van der Waals surface area contributed by atoms with Crippen molar-refractivity contribution >= 4 is 10.9 Å². The molecule has 1 saturated carbocycles. The summed E-state index contributed by atoms with van der Waals surface area (Å²) in [5.41, 5.74) is 2.48. The van der Waals surface area contributed by atoms with Crippen molar-refractivity contribution in [1.82, 2.24) is 30.1 Å². The molecule has 9 heteroatoms. The summed E-state index contributed by atoms with van der Waals surface area (Å²) in [6, 6.07) is 16.1. The zero-order valence-corrected chi connectivity index (χ0v) is 22.4. The van der Waals surface area contributed by atoms with Gasteiger partial charge in [-0.15, -0.1) is 5.10 Å². The Morgan fingerprint density at radius 2 is 1.74 bits per heavy atom. The quantitative estimate of drug-likeness (QED) is 0.310. The van der Waals surface area contributed by atoms with Gasteiger partial charge >= 0.3 is 0 Å². The topological polar surface area (TPSA) is 98.2 Å². The van der Waals surface area contributed by atoms with Crippen LogP contribution in [0.5, 0.6) is 11.5 Å². The summed E-state index contributed by atoms with van der Waals surface area (Å²) in [5.74, 6) is 2.40. The standard InChI is InChI=1S/C29H36N6O3/c1-4-27(28-31-32-33-35(28)23-8-6-5-7-9-23)34(18-20-10-13-24(37-2)14-11-20)19-22-16-21-12-15-25(38-3)17-26(21)30-29(22)36/h10-17,23,27H,4-9,18-19H2,1-3H3,(H,30,36)/t27-/m1/s1. The fraction of sp³-hybridized carbons (Fsp3) is 0.448. The molecule has 0 aliphatic heterocycles. The Labute approximate surface area is 222 Å². The summed E-state index contributed by atoms with van der Waals surface area (Å²) in [4.78, 5) is 18.6. The van der Waals surface area contributed by atoms with E-state index in [0.29, 0.717) is 30.4 Å². The molecule has 0 radical (unpaired) electrons. The summed E-state index contributed by atoms with van der Waals surface area (Å²) in [6.45, 7) is 3.25. The van der Waals surface area contributed by atoms with E-state index in [1.807, 2.05) is 41.1 Å². The van der Waals surface area contributed by atoms with Crippen molar-refractivity contribution in [2.45, 2.75) is 70.6 Å². The van der Waals surface area contributed by atoms with Crippen LogP contribution in [0.4, 0.5) is 0 Å². The number of aromatic amines is 1. The van der Waals surface area contributed by atoms with Crippen LogP contribution in [-0.2, 0) is 13.1 Å². The van der Waals surface area contributed by atoms with Gasteiger partial charge in [-0.1, -0.05) is 38.3 Å². The minimum absolute atomic E-state index is 0.0556. The number of fused-ring (bicyclic) bond motifs is 1. The summed E-state index contributed by atoms with van der Waals surface area (Å²) < 4.78 is 12.7. The Kier molecular flexibility index (Phi) is 8.03. The number of hydrogen-bond acceptors (Lipinski definition) is 7. The van der Waals surface area contributed by atoms with E-state index < -0.39 is 0 Å². The number of aromatic nitrogens is 5. The highest BCUT2D eigenvalue weighted by atomic mass is 16.5. The van der Waals surface area contributed by atoms with Gasteiger partial charge in [0.2, 0.25) is 0 Å². The number of rotatable bonds is 10. The lowest BCUT2D eigenvalue weighted by atomic mass is 9.95. The van der Waals surface area contributed by atoms with E-state index in [1.54, 1.807) is 14.2 Å². The second kappa shape index (κ2) is 11.8. The third-order valence-electron chi connectivity index (χ3n) is 7.61. The van der Waals surface area contributed by atoms with Crippen molar-refractivity contribution in [3.05, 3.63) is 75.8 Å². The van der Waals surface area contributed by atoms with E-state index >= 15 is 0 Å². The maximum atomic E-state index is 13.2. The molecule has 1 fully saturated rings. The molecule has 2 heterocycles. The van der Waals surface area contributed by atoms with Gasteiger partial charge < -0.3 is 14.5 Å². The minimum atomic E-state index is -0.104. The second-order valence-corrected chi connectivity index (χ2v) is 10.0. The van der Waals surface area contributed by atoms with Crippen LogP contribution in [0.15, 0.2) is 53.3 Å². The van der Waals surface area contributed by atoms with Crippen molar-refractivity contribution in [2.75, 3.05) is 14.2 Å². The summed E-state index contributed by atoms with van der Waals surface area (Å²) in [7, 11) is 3.29. The molecule has 0 spiro atoms. The summed E-state index contributed by atoms with van der Waals surface area (Å²) in [5, 5.41) is 14.0. The first kappa shape index (κ1) is 25.9. The SMILES string of the molecule is CC[C@H](c1nnnn1C1CCCCC1)N(Cc1ccc(OC)cc1)Cc1cc2ccc(OC)cc2[nH]c1=O. The molecule has 4 aromatic rings. The monoisotopic (exact) mass is 516 g/mol. The van der Waals surface area contributed by atoms with Crippen molar-refractivity contribution < 1.29 is 9.47 Å². The summed E-state index contributed by atoms with van der Waals surface area (Å²) >= 11 is 0. The maximum absolute atomic E-state index is 13.2. The smallest absolute Gasteiger partial charge is 0.252 e. The van der Waals surface area contributed by atoms with Crippen molar-refractivity contribution in [2.24, 2.45) is 0 Å². The van der Waals surface area contributed by atoms with Crippen LogP contribution in [0.3, 0.4) is 0 Å². The van der Waals surface area contributed by atoms with Crippen molar-refractivity contribution in [3.63, 3.8) is 0 Å². The molecule has 9 nitrogen and oxygen atoms in total. The molecule has 2 aromatic heterocycles. The number of methoxy groups -OCH3 is 2. The van der Waals surface area contributed by atoms with E-state index in [2.05, 4.69) is 44.5 Å². The van der Waals surface area contributed by atoms with Crippen LogP contribution >= 0.6 is 0 Å². The fourth-order valence-corrected chi connectivity index (χ4v) is 5.54. The van der Waals surface area contributed by atoms with Crippen LogP contribution < -0.4 is 15.0 Å². The zero-order chi connectivity index (χ0) is 26.5. The first-order valence-corrected chi connectivity index (χ1v) is 13.4. The van der Waals surface area contributed by atoms with Crippen molar-refractivity contribution in [3.8, 4) is 11.5 Å². The number of benzene rings is 2. The number of pyridine rings is 1. The first-order chi connectivity index (χ1) is 18.6. The van der Waals surface area contributed by atoms with Gasteiger partial charge in [0.25, 0.3) is 5.56 Å². The van der Waals surface area contributed by atoms with Gasteiger partial charge in [0.15, 0.2) is 5.82 Å². The predicted molar refractivity (Wildman–Crippen MR) is 146 cm³/mol. The number of tetrazole rings is 1. The molecule has 0 saturated heterocycles. The molecule has 1 N–H and O–H groups in total. The largest absolute Gasteiger partial charge is 0.497 e. The Bertz CT molecular complexity index is 1410. The van der Waals surface area contributed by atoms with Gasteiger partial charge in [-0.25, -0.2) is 4.68 Å². The molecule has 1 atom stereocenters. The average molecular weight is 517 g/mol. The average Bonchev–Trinajstić information content (AvgIpc) is 3.44. The molecule has 38 heavy (non-hydrogen) atoms. The van der Waals surface area contributed by atoms with E-state index in [1.165, 1.54) is 19.3 Å². The van der Waals surface area contributed by atoms with E-state index in [0.717, 1.165) is 47.3 Å². The van der Waals surface area contributed by atoms with E-state index in [9.17, 15) is 4.79 Å². The molecule has 1 aliphatic carbocycles. The Hall–Kier alpha value is -3.72. The maximum Gasteiger partial charge on any atom is 0.252 e. The predicted octanol–water partition coefficient (Wildman–Crippen LogP) is 5.19. The van der Waals surface area contributed by atoms with Gasteiger partial charge in [0.1, 0.15) is 11.5 Å². The number of hydrogen-bond donors (Lipinski definition) is 1. The Morgan fingerprint density at radius 3 is 2.45 bits per heavy atom. The van der Waals surface area contributed by atoms with Gasteiger partial charge in [-0.3, -0.25) is 9.69 Å². The molecule has 0 bridgehead atoms. The molecule has 0 amide bonds. The molecule has 2 aromatic carbocycles. The lowest BCUT2D eigenvalue weighted by Gasteiger charge is -2.32. The lowest BCUT2D eigenvalue weighted by molar-refractivity contribution is 0.155. The van der Waals surface area contributed by atoms with Crippen molar-refractivity contribution in [1.29, 1.82) is 0 Å². The minimum Gasteiger partial charge on any atom is -0.497 e. The highest BCUT2D eigenvalue weighted by molar-refractivity contribution is 5.80. The van der Waals surface area contributed by atoms with Crippen LogP contribution in [0, 0.1) is 0 Å². The molecule has 0 unspecified atom stereocenters. The van der Waals surface area contributed by atoms with Crippen LogP contribution in [0.1, 0.15) is 74.5 Å². The fourth-order valence-electron chi connectivity index (χ4n) is 5.54. The first-order valence-electron chi connectivity index (χ1n) is 13.4. The Morgan fingerprint density at radius 1 is 1.00 bits per heavy atom. The normalized spacial score (nSPS) is 15.2. The van der Waals surface area contributed by atoms with E-state index in [-0.39, 0.29) is 11.6 Å². The van der Waals surface area contributed by atoms with Gasteiger partial charge in [0.05, 0.1) is 31.8 Å². The Balaban J connectivity index is 1.51. The molecular formula is C29H36N6O3. The number of nitrogens with zero attached hydrogens (tertiary/aromatic N) is 5. The third kappa shape index (κ3) is 5.57. The molecule has 1 aliphatic rings. The number of H-pyrrole nitrogens is 1. The second-order valence-electron chi connectivity index (χ2n) is 10.0. The molecule has 5 rings (SSSR count). The molecule has 200 valence electrons. The molecular weight excluding hydrogens is 480 g/mol. The lowest BCUT2D eigenvalue weighted by Crippen LogP contribution is -2.33. The van der Waals surface area contributed by atoms with Crippen LogP contribution in [0.25, 0.3) is 10.9 Å². The van der Waals surface area contributed by atoms with Gasteiger partial charge in [0, 0.05) is 24.7 Å². The van der Waals surface area contributed by atoms with Gasteiger partial charge in [-0.2, -0.15) is 0 Å². The van der Waals surface area contributed by atoms with Gasteiger partial charge in [-0.05, 0) is 71.0 Å². The van der Waals surface area contributed by atoms with E-state index in [4.69, 9.17) is 9.47 Å². The highest BCUT2D eigenvalue weighted by Gasteiger charge is 2.29. The zero-order valence-electron chi connectivity index (χ0n) is 22.4. The third-order valence-corrected chi connectivity index (χ3v) is 7.61. The number of ether oxygens (including phenoxy) is 2. The van der Waals surface area contributed by atoms with Crippen LogP contribution in [0.2, 0.25) is 0 Å². The van der Waals surface area contributed by atoms with Crippen LogP contribution in [-0.4, -0.2) is 44.3 Å².